The Hall–Kier alpha value is -2.22. The van der Waals surface area contributed by atoms with Gasteiger partial charge in [0, 0.05) is 22.6 Å². The second kappa shape index (κ2) is 7.66. The molecule has 3 aromatic heterocycles. The van der Waals surface area contributed by atoms with Crippen LogP contribution in [-0.2, 0) is 11.2 Å². The lowest BCUT2D eigenvalue weighted by Crippen LogP contribution is -3.14. The number of quaternary nitrogens is 1. The maximum Gasteiger partial charge on any atom is 0.339 e. The summed E-state index contributed by atoms with van der Waals surface area (Å²) in [7, 11) is 1.36. The molecule has 5 nitrogen and oxygen atoms in total. The van der Waals surface area contributed by atoms with Crippen molar-refractivity contribution in [3.8, 4) is 0 Å². The number of Topliss-reactive ketones (excluding diaryl/α,β-unsaturated/α-hetero) is 1. The predicted octanol–water partition coefficient (Wildman–Crippen LogP) is 2.95. The maximum absolute atomic E-state index is 13.2. The van der Waals surface area contributed by atoms with Gasteiger partial charge in [0.25, 0.3) is 0 Å². The van der Waals surface area contributed by atoms with Crippen LogP contribution in [-0.4, -0.2) is 36.9 Å². The summed E-state index contributed by atoms with van der Waals surface area (Å²) in [6.07, 6.45) is 0.994. The number of hydrogen-bond donors (Lipinski definition) is 2. The Kier molecular flexibility index (Phi) is 5.23. The van der Waals surface area contributed by atoms with E-state index in [0.29, 0.717) is 29.1 Å². The molecule has 1 unspecified atom stereocenters. The number of carbonyl (C=O) groups excluding carboxylic acids is 2. The average molecular weight is 416 g/mol. The van der Waals surface area contributed by atoms with Crippen molar-refractivity contribution in [1.82, 2.24) is 4.98 Å². The largest absolute Gasteiger partial charge is 0.465 e. The topological polar surface area (TPSA) is 63.6 Å². The second-order valence-corrected chi connectivity index (χ2v) is 9.10. The Labute approximate surface area is 172 Å². The molecule has 2 atom stereocenters. The molecule has 1 aliphatic rings. The number of thiophene rings is 2. The number of nitrogens with one attached hydrogen (secondary N) is 2. The molecular formula is C21H23N2O3S2+. The molecule has 0 saturated heterocycles. The number of esters is 1. The molecular weight excluding hydrogens is 392 g/mol. The van der Waals surface area contributed by atoms with Crippen LogP contribution in [0.5, 0.6) is 0 Å². The number of H-pyrrole nitrogens is 1. The lowest BCUT2D eigenvalue weighted by molar-refractivity contribution is -0.919. The highest BCUT2D eigenvalue weighted by molar-refractivity contribution is 7.10. The minimum atomic E-state index is -0.407. The van der Waals surface area contributed by atoms with E-state index in [1.807, 2.05) is 6.92 Å². The first kappa shape index (κ1) is 19.1. The molecule has 1 aliphatic heterocycles. The minimum absolute atomic E-state index is 0.0333. The molecule has 0 aromatic carbocycles. The zero-order chi connectivity index (χ0) is 19.8. The van der Waals surface area contributed by atoms with E-state index in [2.05, 4.69) is 33.9 Å². The molecule has 4 rings (SSSR count). The van der Waals surface area contributed by atoms with Gasteiger partial charge in [-0.15, -0.1) is 22.7 Å². The van der Waals surface area contributed by atoms with Gasteiger partial charge in [0.2, 0.25) is 5.78 Å². The van der Waals surface area contributed by atoms with E-state index in [-0.39, 0.29) is 11.8 Å². The van der Waals surface area contributed by atoms with Gasteiger partial charge >= 0.3 is 5.97 Å². The van der Waals surface area contributed by atoms with Gasteiger partial charge in [-0.3, -0.25) is 4.79 Å². The van der Waals surface area contributed by atoms with E-state index < -0.39 is 5.97 Å². The number of hydrogen-bond acceptors (Lipinski definition) is 5. The molecule has 0 bridgehead atoms. The average Bonchev–Trinajstić information content (AvgIpc) is 3.41. The molecule has 0 fully saturated rings. The van der Waals surface area contributed by atoms with Crippen LogP contribution < -0.4 is 4.90 Å². The zero-order valence-electron chi connectivity index (χ0n) is 16.1. The van der Waals surface area contributed by atoms with Gasteiger partial charge in [0.05, 0.1) is 29.8 Å². The Morgan fingerprint density at radius 2 is 2.07 bits per heavy atom. The molecule has 146 valence electrons. The molecule has 4 heterocycles. The van der Waals surface area contributed by atoms with Crippen LogP contribution in [0.2, 0.25) is 0 Å². The zero-order valence-corrected chi connectivity index (χ0v) is 17.8. The van der Waals surface area contributed by atoms with Crippen LogP contribution in [0.25, 0.3) is 0 Å². The number of ether oxygens (including phenoxy) is 1. The fourth-order valence-electron chi connectivity index (χ4n) is 4.18. The molecule has 0 radical (unpaired) electrons. The van der Waals surface area contributed by atoms with Crippen molar-refractivity contribution in [1.29, 1.82) is 0 Å². The fraction of sp³-hybridized carbons (Fsp3) is 0.333. The van der Waals surface area contributed by atoms with Crippen LogP contribution in [0.15, 0.2) is 29.0 Å². The van der Waals surface area contributed by atoms with Crippen molar-refractivity contribution in [3.63, 3.8) is 0 Å². The number of aromatic amines is 1. The molecule has 0 amide bonds. The van der Waals surface area contributed by atoms with E-state index in [4.69, 9.17) is 4.74 Å². The van der Waals surface area contributed by atoms with Crippen molar-refractivity contribution >= 4 is 34.4 Å². The predicted molar refractivity (Wildman–Crippen MR) is 111 cm³/mol. The monoisotopic (exact) mass is 415 g/mol. The first-order valence-corrected chi connectivity index (χ1v) is 11.0. The van der Waals surface area contributed by atoms with E-state index in [1.165, 1.54) is 27.3 Å². The highest BCUT2D eigenvalue weighted by Gasteiger charge is 2.36. The van der Waals surface area contributed by atoms with Crippen LogP contribution in [0.1, 0.15) is 53.5 Å². The lowest BCUT2D eigenvalue weighted by atomic mass is 9.97. The number of fused-ring (bicyclic) bond motifs is 1. The number of ketones is 1. The third-order valence-corrected chi connectivity index (χ3v) is 7.43. The third kappa shape index (κ3) is 3.23. The summed E-state index contributed by atoms with van der Waals surface area (Å²) in [4.78, 5) is 32.3. The number of aryl methyl sites for hydroxylation is 1. The van der Waals surface area contributed by atoms with E-state index >= 15 is 0 Å². The molecule has 0 saturated carbocycles. The fourth-order valence-corrected chi connectivity index (χ4v) is 6.00. The smallest absolute Gasteiger partial charge is 0.339 e. The van der Waals surface area contributed by atoms with Crippen molar-refractivity contribution in [2.24, 2.45) is 0 Å². The van der Waals surface area contributed by atoms with E-state index in [1.54, 1.807) is 29.6 Å². The Bertz CT molecular complexity index is 1020. The van der Waals surface area contributed by atoms with Gasteiger partial charge in [0.1, 0.15) is 12.6 Å². The third-order valence-electron chi connectivity index (χ3n) is 5.49. The van der Waals surface area contributed by atoms with Crippen molar-refractivity contribution in [3.05, 3.63) is 66.8 Å². The van der Waals surface area contributed by atoms with E-state index in [9.17, 15) is 9.59 Å². The van der Waals surface area contributed by atoms with Crippen LogP contribution in [0, 0.1) is 13.8 Å². The first-order valence-electron chi connectivity index (χ1n) is 9.26. The standard InChI is InChI=1S/C21H22N2O3S2/c1-12-18(21(25)26-3)13(2)22-19(12)15(24)11-23-8-6-16-14(7-10-28-16)20(23)17-5-4-9-27-17/h4-5,7,9-10,20,22H,6,8,11H2,1-3H3/p+1/t20-/m1/s1. The molecule has 0 spiro atoms. The summed E-state index contributed by atoms with van der Waals surface area (Å²) in [5, 5.41) is 4.24. The quantitative estimate of drug-likeness (QED) is 0.497. The Balaban J connectivity index is 1.64. The van der Waals surface area contributed by atoms with Crippen molar-refractivity contribution < 1.29 is 19.2 Å². The highest BCUT2D eigenvalue weighted by atomic mass is 32.1. The van der Waals surface area contributed by atoms with E-state index in [0.717, 1.165) is 13.0 Å². The summed E-state index contributed by atoms with van der Waals surface area (Å²) in [6.45, 7) is 4.92. The Morgan fingerprint density at radius 1 is 1.25 bits per heavy atom. The normalized spacial score (nSPS) is 18.7. The van der Waals surface area contributed by atoms with Gasteiger partial charge in [0.15, 0.2) is 0 Å². The number of aromatic nitrogens is 1. The maximum atomic E-state index is 13.2. The summed E-state index contributed by atoms with van der Waals surface area (Å²) in [5.41, 5.74) is 3.68. The SMILES string of the molecule is COC(=O)c1c(C)[nH]c(C(=O)C[NH+]2CCc3sccc3[C@@H]2c2cccs2)c1C. The van der Waals surface area contributed by atoms with Crippen molar-refractivity contribution in [2.75, 3.05) is 20.2 Å². The first-order chi connectivity index (χ1) is 13.5. The number of methoxy groups -OCH3 is 1. The van der Waals surface area contributed by atoms with Crippen LogP contribution in [0.3, 0.4) is 0 Å². The van der Waals surface area contributed by atoms with Gasteiger partial charge in [-0.1, -0.05) is 6.07 Å². The van der Waals surface area contributed by atoms with Crippen LogP contribution in [0.4, 0.5) is 0 Å². The number of carbonyl (C=O) groups is 2. The molecule has 0 aliphatic carbocycles. The van der Waals surface area contributed by atoms with Gasteiger partial charge in [-0.05, 0) is 42.3 Å². The van der Waals surface area contributed by atoms with Gasteiger partial charge in [-0.2, -0.15) is 0 Å². The summed E-state index contributed by atoms with van der Waals surface area (Å²) < 4.78 is 4.86. The molecule has 7 heteroatoms. The molecule has 2 N–H and O–H groups in total. The number of rotatable bonds is 5. The van der Waals surface area contributed by atoms with Crippen LogP contribution >= 0.6 is 22.7 Å². The second-order valence-electron chi connectivity index (χ2n) is 7.12. The lowest BCUT2D eigenvalue weighted by Gasteiger charge is -2.31. The summed E-state index contributed by atoms with van der Waals surface area (Å²) in [5.74, 6) is -0.374. The van der Waals surface area contributed by atoms with Gasteiger partial charge < -0.3 is 14.6 Å². The Morgan fingerprint density at radius 3 is 2.79 bits per heavy atom. The molecule has 3 aromatic rings. The highest BCUT2D eigenvalue weighted by Crippen LogP contribution is 2.31. The summed E-state index contributed by atoms with van der Waals surface area (Å²) >= 11 is 3.55. The summed E-state index contributed by atoms with van der Waals surface area (Å²) in [6, 6.07) is 6.62. The minimum Gasteiger partial charge on any atom is -0.465 e. The van der Waals surface area contributed by atoms with Gasteiger partial charge in [-0.25, -0.2) is 4.79 Å². The van der Waals surface area contributed by atoms with Crippen molar-refractivity contribution in [2.45, 2.75) is 26.3 Å². The molecule has 28 heavy (non-hydrogen) atoms.